The molecule has 1 aromatic rings. The molecule has 9 heteroatoms. The molecule has 0 radical (unpaired) electrons. The minimum Gasteiger partial charge on any atom is -0.352 e. The number of benzene rings is 1. The first kappa shape index (κ1) is 16.8. The van der Waals surface area contributed by atoms with Gasteiger partial charge >= 0.3 is 0 Å². The van der Waals surface area contributed by atoms with Crippen LogP contribution >= 0.6 is 0 Å². The van der Waals surface area contributed by atoms with Crippen LogP contribution in [0.2, 0.25) is 0 Å². The largest absolute Gasteiger partial charge is 0.352 e. The topological polar surface area (TPSA) is 110 Å². The van der Waals surface area contributed by atoms with E-state index in [1.807, 2.05) is 0 Å². The van der Waals surface area contributed by atoms with Crippen LogP contribution in [0.1, 0.15) is 24.8 Å². The molecule has 1 amide bonds. The van der Waals surface area contributed by atoms with Crippen LogP contribution < -0.4 is 5.32 Å². The number of amides is 1. The molecule has 0 aromatic heterocycles. The predicted molar refractivity (Wildman–Crippen MR) is 85.2 cm³/mol. The Balaban J connectivity index is 1.57. The molecule has 2 fully saturated rings. The van der Waals surface area contributed by atoms with Gasteiger partial charge < -0.3 is 5.32 Å². The van der Waals surface area contributed by atoms with Crippen molar-refractivity contribution >= 4 is 15.9 Å². The van der Waals surface area contributed by atoms with Crippen molar-refractivity contribution in [1.29, 1.82) is 0 Å². The van der Waals surface area contributed by atoms with Crippen LogP contribution in [0.15, 0.2) is 29.2 Å². The molecule has 0 bridgehead atoms. The number of hydrogen-bond donors (Lipinski definition) is 1. The molecule has 1 aliphatic heterocycles. The summed E-state index contributed by atoms with van der Waals surface area (Å²) in [6.07, 6.45) is 2.05. The van der Waals surface area contributed by atoms with Gasteiger partial charge in [-0.2, -0.15) is 4.31 Å². The molecule has 2 unspecified atom stereocenters. The Morgan fingerprint density at radius 2 is 1.88 bits per heavy atom. The molecule has 3 rings (SSSR count). The second-order valence-corrected chi connectivity index (χ2v) is 8.11. The van der Waals surface area contributed by atoms with Crippen molar-refractivity contribution < 1.29 is 18.1 Å². The van der Waals surface area contributed by atoms with Gasteiger partial charge in [0, 0.05) is 31.0 Å². The fraction of sp³-hybridized carbons (Fsp3) is 0.533. The van der Waals surface area contributed by atoms with Crippen LogP contribution in [0.5, 0.6) is 0 Å². The Morgan fingerprint density at radius 1 is 1.25 bits per heavy atom. The van der Waals surface area contributed by atoms with Crippen molar-refractivity contribution in [2.45, 2.75) is 36.7 Å². The molecule has 1 N–H and O–H groups in total. The quantitative estimate of drug-likeness (QED) is 0.599. The zero-order valence-corrected chi connectivity index (χ0v) is 13.9. The van der Waals surface area contributed by atoms with E-state index in [-0.39, 0.29) is 23.8 Å². The highest BCUT2D eigenvalue weighted by molar-refractivity contribution is 7.89. The third-order valence-corrected chi connectivity index (χ3v) is 6.37. The molecule has 24 heavy (non-hydrogen) atoms. The molecule has 8 nitrogen and oxygen atoms in total. The maximum atomic E-state index is 12.4. The van der Waals surface area contributed by atoms with E-state index in [0.717, 1.165) is 18.4 Å². The summed E-state index contributed by atoms with van der Waals surface area (Å²) >= 11 is 0. The van der Waals surface area contributed by atoms with Gasteiger partial charge in [0.05, 0.1) is 4.90 Å². The summed E-state index contributed by atoms with van der Waals surface area (Å²) in [7, 11) is -3.44. The zero-order valence-electron chi connectivity index (χ0n) is 13.1. The number of nitrogens with zero attached hydrogens (tertiary/aromatic N) is 2. The highest BCUT2D eigenvalue weighted by atomic mass is 32.2. The smallest absolute Gasteiger partial charge is 0.243 e. The van der Waals surface area contributed by atoms with Crippen molar-refractivity contribution in [3.8, 4) is 0 Å². The average molecular weight is 353 g/mol. The maximum Gasteiger partial charge on any atom is 0.243 e. The van der Waals surface area contributed by atoms with Gasteiger partial charge in [-0.15, -0.1) is 0 Å². The fourth-order valence-corrected chi connectivity index (χ4v) is 4.39. The lowest BCUT2D eigenvalue weighted by Crippen LogP contribution is -2.28. The minimum atomic E-state index is -3.44. The monoisotopic (exact) mass is 353 g/mol. The predicted octanol–water partition coefficient (Wildman–Crippen LogP) is 0.752. The maximum absolute atomic E-state index is 12.4. The van der Waals surface area contributed by atoms with Crippen molar-refractivity contribution in [3.63, 3.8) is 0 Å². The summed E-state index contributed by atoms with van der Waals surface area (Å²) in [5, 5.41) is 13.2. The normalized spacial score (nSPS) is 23.8. The first-order valence-corrected chi connectivity index (χ1v) is 9.34. The summed E-state index contributed by atoms with van der Waals surface area (Å²) in [6.45, 7) is 1.34. The van der Waals surface area contributed by atoms with Crippen molar-refractivity contribution in [2.75, 3.05) is 13.1 Å². The Kier molecular flexibility index (Phi) is 4.55. The highest BCUT2D eigenvalue weighted by Gasteiger charge is 2.53. The van der Waals surface area contributed by atoms with Gasteiger partial charge in [0.1, 0.15) is 5.92 Å². The fourth-order valence-electron chi connectivity index (χ4n) is 2.87. The lowest BCUT2D eigenvalue weighted by Gasteiger charge is -2.15. The lowest BCUT2D eigenvalue weighted by molar-refractivity contribution is -0.497. The molecule has 2 aliphatic rings. The van der Waals surface area contributed by atoms with E-state index < -0.39 is 26.9 Å². The Hall–Kier alpha value is -2.00. The number of carbonyl (C=O) groups is 1. The molecule has 2 atom stereocenters. The van der Waals surface area contributed by atoms with Crippen LogP contribution in [0.4, 0.5) is 0 Å². The van der Waals surface area contributed by atoms with Gasteiger partial charge in [-0.3, -0.25) is 14.9 Å². The number of rotatable bonds is 6. The van der Waals surface area contributed by atoms with Crippen molar-refractivity contribution in [2.24, 2.45) is 5.92 Å². The van der Waals surface area contributed by atoms with Gasteiger partial charge in [0.15, 0.2) is 0 Å². The molecule has 0 spiro atoms. The second-order valence-electron chi connectivity index (χ2n) is 6.17. The minimum absolute atomic E-state index is 0.226. The van der Waals surface area contributed by atoms with Gasteiger partial charge in [-0.05, 0) is 30.5 Å². The van der Waals surface area contributed by atoms with Crippen molar-refractivity contribution in [1.82, 2.24) is 9.62 Å². The van der Waals surface area contributed by atoms with Crippen LogP contribution in [0.3, 0.4) is 0 Å². The lowest BCUT2D eigenvalue weighted by atomic mass is 10.2. The van der Waals surface area contributed by atoms with E-state index in [4.69, 9.17) is 0 Å². The van der Waals surface area contributed by atoms with Crippen LogP contribution in [0.25, 0.3) is 0 Å². The number of sulfonamides is 1. The Labute approximate surface area is 140 Å². The van der Waals surface area contributed by atoms with E-state index in [2.05, 4.69) is 5.32 Å². The van der Waals surface area contributed by atoms with E-state index in [9.17, 15) is 23.3 Å². The molecule has 1 heterocycles. The molecule has 1 saturated carbocycles. The van der Waals surface area contributed by atoms with Gasteiger partial charge in [-0.1, -0.05) is 12.1 Å². The second kappa shape index (κ2) is 6.48. The zero-order chi connectivity index (χ0) is 17.3. The molecule has 130 valence electrons. The molecule has 1 aliphatic carbocycles. The third kappa shape index (κ3) is 3.41. The number of hydrogen-bond acceptors (Lipinski definition) is 5. The molecular formula is C15H19N3O5S. The van der Waals surface area contributed by atoms with Crippen LogP contribution in [-0.4, -0.2) is 42.7 Å². The number of carbonyl (C=O) groups excluding carboxylic acids is 1. The standard InChI is InChI=1S/C15H19N3O5S/c19-15(13-9-14(13)18(20)21)16-10-11-3-5-12(6-4-11)24(22,23)17-7-1-2-8-17/h3-6,13-14H,1-2,7-10H2,(H,16,19). The van der Waals surface area contributed by atoms with Gasteiger partial charge in [0.25, 0.3) is 0 Å². The number of nitrogens with one attached hydrogen (secondary N) is 1. The summed E-state index contributed by atoms with van der Waals surface area (Å²) in [6, 6.07) is 5.61. The van der Waals surface area contributed by atoms with Crippen LogP contribution in [-0.2, 0) is 21.4 Å². The third-order valence-electron chi connectivity index (χ3n) is 4.46. The van der Waals surface area contributed by atoms with Crippen LogP contribution in [0, 0.1) is 16.0 Å². The van der Waals surface area contributed by atoms with E-state index >= 15 is 0 Å². The van der Waals surface area contributed by atoms with E-state index in [1.54, 1.807) is 12.1 Å². The first-order chi connectivity index (χ1) is 11.4. The summed E-state index contributed by atoms with van der Waals surface area (Å²) in [5.74, 6) is -0.875. The van der Waals surface area contributed by atoms with Gasteiger partial charge in [0.2, 0.25) is 22.0 Å². The molecule has 1 aromatic carbocycles. The summed E-state index contributed by atoms with van der Waals surface area (Å²) in [5.41, 5.74) is 0.752. The average Bonchev–Trinajstić information content (AvgIpc) is 3.18. The number of nitro groups is 1. The summed E-state index contributed by atoms with van der Waals surface area (Å²) in [4.78, 5) is 22.1. The SMILES string of the molecule is O=C(NCc1ccc(S(=O)(=O)N2CCCC2)cc1)C1CC1[N+](=O)[O-]. The molecular weight excluding hydrogens is 334 g/mol. The van der Waals surface area contributed by atoms with Crippen molar-refractivity contribution in [3.05, 3.63) is 39.9 Å². The summed E-state index contributed by atoms with van der Waals surface area (Å²) < 4.78 is 26.3. The Bertz CT molecular complexity index is 741. The van der Waals surface area contributed by atoms with E-state index in [0.29, 0.717) is 13.1 Å². The molecule has 1 saturated heterocycles. The first-order valence-electron chi connectivity index (χ1n) is 7.90. The van der Waals surface area contributed by atoms with E-state index in [1.165, 1.54) is 16.4 Å². The highest BCUT2D eigenvalue weighted by Crippen LogP contribution is 2.33. The van der Waals surface area contributed by atoms with Gasteiger partial charge in [-0.25, -0.2) is 8.42 Å². The Morgan fingerprint density at radius 3 is 2.42 bits per heavy atom.